The van der Waals surface area contributed by atoms with Crippen molar-refractivity contribution in [1.82, 2.24) is 9.29 Å². The molecule has 0 saturated carbocycles. The number of hydrogen-bond donors (Lipinski definition) is 1. The van der Waals surface area contributed by atoms with Crippen molar-refractivity contribution in [3.63, 3.8) is 0 Å². The van der Waals surface area contributed by atoms with E-state index in [1.807, 2.05) is 27.7 Å². The van der Waals surface area contributed by atoms with Crippen LogP contribution in [0.5, 0.6) is 11.5 Å². The molecule has 0 radical (unpaired) electrons. The van der Waals surface area contributed by atoms with Gasteiger partial charge in [-0.2, -0.15) is 4.31 Å². The number of nitrogens with one attached hydrogen (secondary N) is 1. The Kier molecular flexibility index (Phi) is 8.17. The SMILES string of the molecule is COc1cc2nc(NC(=O)c3ccc(S(=O)(=O)N(CC(C)C)CC(C)C)cc3)sc2cc1OC. The Hall–Kier alpha value is -2.69. The number of benzene rings is 2. The van der Waals surface area contributed by atoms with Gasteiger partial charge in [-0.25, -0.2) is 13.4 Å². The van der Waals surface area contributed by atoms with E-state index in [-0.39, 0.29) is 22.6 Å². The summed E-state index contributed by atoms with van der Waals surface area (Å²) < 4.78 is 39.3. The number of carbonyl (C=O) groups is 1. The third-order valence-electron chi connectivity index (χ3n) is 5.01. The number of methoxy groups -OCH3 is 2. The second-order valence-corrected chi connectivity index (χ2v) is 11.8. The number of rotatable bonds is 10. The zero-order valence-corrected chi connectivity index (χ0v) is 21.9. The molecule has 3 aromatic rings. The summed E-state index contributed by atoms with van der Waals surface area (Å²) in [5, 5.41) is 3.21. The molecule has 8 nitrogen and oxygen atoms in total. The van der Waals surface area contributed by atoms with Crippen LogP contribution >= 0.6 is 11.3 Å². The maximum atomic E-state index is 13.2. The van der Waals surface area contributed by atoms with E-state index in [0.29, 0.717) is 40.8 Å². The van der Waals surface area contributed by atoms with Gasteiger partial charge in [0.05, 0.1) is 29.3 Å². The van der Waals surface area contributed by atoms with Gasteiger partial charge in [-0.05, 0) is 36.1 Å². The monoisotopic (exact) mass is 505 g/mol. The van der Waals surface area contributed by atoms with Crippen LogP contribution in [-0.4, -0.2) is 50.9 Å². The standard InChI is InChI=1S/C24H31N3O5S2/c1-15(2)13-27(14-16(3)4)34(29,30)18-9-7-17(8-10-18)23(28)26-24-25-19-11-20(31-5)21(32-6)12-22(19)33-24/h7-12,15-16H,13-14H2,1-6H3,(H,25,26,28). The van der Waals surface area contributed by atoms with Gasteiger partial charge >= 0.3 is 0 Å². The van der Waals surface area contributed by atoms with Crippen LogP contribution in [-0.2, 0) is 10.0 Å². The van der Waals surface area contributed by atoms with Crippen molar-refractivity contribution in [2.24, 2.45) is 11.8 Å². The molecule has 1 aromatic heterocycles. The summed E-state index contributed by atoms with van der Waals surface area (Å²) in [6.45, 7) is 8.84. The fraction of sp³-hybridized carbons (Fsp3) is 0.417. The Bertz CT molecular complexity index is 1200. The lowest BCUT2D eigenvalue weighted by Crippen LogP contribution is -2.37. The molecule has 184 valence electrons. The number of anilines is 1. The molecule has 2 aromatic carbocycles. The van der Waals surface area contributed by atoms with Crippen molar-refractivity contribution in [3.05, 3.63) is 42.0 Å². The first-order chi connectivity index (χ1) is 16.0. The lowest BCUT2D eigenvalue weighted by Gasteiger charge is -2.25. The summed E-state index contributed by atoms with van der Waals surface area (Å²) in [4.78, 5) is 17.4. The normalized spacial score (nSPS) is 12.0. The maximum Gasteiger partial charge on any atom is 0.257 e. The maximum absolute atomic E-state index is 13.2. The highest BCUT2D eigenvalue weighted by atomic mass is 32.2. The van der Waals surface area contributed by atoms with Crippen molar-refractivity contribution in [2.75, 3.05) is 32.6 Å². The van der Waals surface area contributed by atoms with E-state index >= 15 is 0 Å². The second-order valence-electron chi connectivity index (χ2n) is 8.78. The number of sulfonamides is 1. The molecule has 10 heteroatoms. The van der Waals surface area contributed by atoms with E-state index in [4.69, 9.17) is 9.47 Å². The topological polar surface area (TPSA) is 97.8 Å². The third-order valence-corrected chi connectivity index (χ3v) is 7.79. The molecular formula is C24H31N3O5S2. The first-order valence-corrected chi connectivity index (χ1v) is 13.2. The molecule has 0 aliphatic heterocycles. The van der Waals surface area contributed by atoms with Gasteiger partial charge in [0, 0.05) is 30.8 Å². The number of nitrogens with zero attached hydrogens (tertiary/aromatic N) is 2. The summed E-state index contributed by atoms with van der Waals surface area (Å²) >= 11 is 1.31. The molecule has 0 unspecified atom stereocenters. The number of thiazole rings is 1. The Morgan fingerprint density at radius 2 is 1.56 bits per heavy atom. The molecule has 1 N–H and O–H groups in total. The number of aromatic nitrogens is 1. The number of hydrogen-bond acceptors (Lipinski definition) is 7. The van der Waals surface area contributed by atoms with E-state index in [0.717, 1.165) is 4.70 Å². The van der Waals surface area contributed by atoms with Gasteiger partial charge < -0.3 is 9.47 Å². The minimum absolute atomic E-state index is 0.171. The van der Waals surface area contributed by atoms with Crippen LogP contribution in [0.4, 0.5) is 5.13 Å². The Morgan fingerprint density at radius 1 is 1.00 bits per heavy atom. The van der Waals surface area contributed by atoms with E-state index in [1.165, 1.54) is 39.9 Å². The quantitative estimate of drug-likeness (QED) is 0.422. The van der Waals surface area contributed by atoms with Gasteiger partial charge in [0.1, 0.15) is 0 Å². The number of fused-ring (bicyclic) bond motifs is 1. The average molecular weight is 506 g/mol. The van der Waals surface area contributed by atoms with Gasteiger partial charge in [0.25, 0.3) is 5.91 Å². The Labute approximate surface area is 205 Å². The van der Waals surface area contributed by atoms with Crippen LogP contribution in [0.3, 0.4) is 0 Å². The predicted molar refractivity (Wildman–Crippen MR) is 136 cm³/mol. The van der Waals surface area contributed by atoms with Crippen molar-refractivity contribution in [1.29, 1.82) is 0 Å². The van der Waals surface area contributed by atoms with Gasteiger partial charge in [-0.1, -0.05) is 39.0 Å². The van der Waals surface area contributed by atoms with Crippen molar-refractivity contribution < 1.29 is 22.7 Å². The zero-order chi connectivity index (χ0) is 25.0. The number of amides is 1. The molecule has 1 heterocycles. The minimum Gasteiger partial charge on any atom is -0.493 e. The molecule has 0 aliphatic rings. The van der Waals surface area contributed by atoms with Gasteiger partial charge in [0.15, 0.2) is 16.6 Å². The summed E-state index contributed by atoms with van der Waals surface area (Å²) in [6.07, 6.45) is 0. The van der Waals surface area contributed by atoms with Crippen LogP contribution in [0.1, 0.15) is 38.1 Å². The molecule has 0 saturated heterocycles. The highest BCUT2D eigenvalue weighted by Gasteiger charge is 2.26. The fourth-order valence-electron chi connectivity index (χ4n) is 3.49. The number of carbonyl (C=O) groups excluding carboxylic acids is 1. The smallest absolute Gasteiger partial charge is 0.257 e. The zero-order valence-electron chi connectivity index (χ0n) is 20.3. The van der Waals surface area contributed by atoms with Gasteiger partial charge in [0.2, 0.25) is 10.0 Å². The van der Waals surface area contributed by atoms with Crippen molar-refractivity contribution in [3.8, 4) is 11.5 Å². The van der Waals surface area contributed by atoms with E-state index in [9.17, 15) is 13.2 Å². The van der Waals surface area contributed by atoms with Crippen LogP contribution in [0.25, 0.3) is 10.2 Å². The summed E-state index contributed by atoms with van der Waals surface area (Å²) in [5.74, 6) is 1.17. The van der Waals surface area contributed by atoms with E-state index in [1.54, 1.807) is 26.4 Å². The fourth-order valence-corrected chi connectivity index (χ4v) is 6.13. The highest BCUT2D eigenvalue weighted by Crippen LogP contribution is 2.36. The molecule has 1 amide bonds. The summed E-state index contributed by atoms with van der Waals surface area (Å²) in [7, 11) is -0.549. The highest BCUT2D eigenvalue weighted by molar-refractivity contribution is 7.89. The van der Waals surface area contributed by atoms with Gasteiger partial charge in [-0.3, -0.25) is 10.1 Å². The average Bonchev–Trinajstić information content (AvgIpc) is 3.17. The molecule has 34 heavy (non-hydrogen) atoms. The first kappa shape index (κ1) is 25.9. The molecule has 0 bridgehead atoms. The van der Waals surface area contributed by atoms with Crippen molar-refractivity contribution in [2.45, 2.75) is 32.6 Å². The van der Waals surface area contributed by atoms with Gasteiger partial charge in [-0.15, -0.1) is 0 Å². The number of ether oxygens (including phenoxy) is 2. The Balaban J connectivity index is 1.79. The molecule has 0 fully saturated rings. The largest absolute Gasteiger partial charge is 0.493 e. The lowest BCUT2D eigenvalue weighted by atomic mass is 10.2. The molecule has 0 spiro atoms. The minimum atomic E-state index is -3.66. The van der Waals surface area contributed by atoms with Crippen molar-refractivity contribution >= 4 is 42.6 Å². The van der Waals surface area contributed by atoms with Crippen LogP contribution in [0.2, 0.25) is 0 Å². The van der Waals surface area contributed by atoms with Crippen LogP contribution < -0.4 is 14.8 Å². The summed E-state index contributed by atoms with van der Waals surface area (Å²) in [6, 6.07) is 9.55. The molecule has 3 rings (SSSR count). The molecular weight excluding hydrogens is 474 g/mol. The molecule has 0 aliphatic carbocycles. The van der Waals surface area contributed by atoms with E-state index in [2.05, 4.69) is 10.3 Å². The Morgan fingerprint density at radius 3 is 2.09 bits per heavy atom. The van der Waals surface area contributed by atoms with Crippen LogP contribution in [0, 0.1) is 11.8 Å². The lowest BCUT2D eigenvalue weighted by molar-refractivity contribution is 0.102. The first-order valence-electron chi connectivity index (χ1n) is 11.0. The summed E-state index contributed by atoms with van der Waals surface area (Å²) in [5.41, 5.74) is 1.02. The third kappa shape index (κ3) is 5.86. The second kappa shape index (κ2) is 10.7. The van der Waals surface area contributed by atoms with E-state index < -0.39 is 10.0 Å². The van der Waals surface area contributed by atoms with Crippen LogP contribution in [0.15, 0.2) is 41.3 Å². The molecule has 0 atom stereocenters. The predicted octanol–water partition coefficient (Wildman–Crippen LogP) is 4.87.